The van der Waals surface area contributed by atoms with Crippen LogP contribution in [0.2, 0.25) is 0 Å². The molecule has 11 nitrogen and oxygen atoms in total. The van der Waals surface area contributed by atoms with E-state index in [4.69, 9.17) is 10.5 Å². The summed E-state index contributed by atoms with van der Waals surface area (Å²) in [6, 6.07) is 5.66. The number of amides is 2. The molecular formula is C24H32N6O5. The lowest BCUT2D eigenvalue weighted by atomic mass is 10.1. The number of pyridine rings is 2. The molecule has 0 aliphatic carbocycles. The summed E-state index contributed by atoms with van der Waals surface area (Å²) in [6.07, 6.45) is 2.98. The van der Waals surface area contributed by atoms with Gasteiger partial charge in [-0.3, -0.25) is 14.6 Å². The molecule has 3 rings (SSSR count). The van der Waals surface area contributed by atoms with Crippen molar-refractivity contribution >= 4 is 29.3 Å². The van der Waals surface area contributed by atoms with Gasteiger partial charge in [-0.05, 0) is 45.0 Å². The van der Waals surface area contributed by atoms with E-state index in [0.717, 1.165) is 0 Å². The van der Waals surface area contributed by atoms with Crippen molar-refractivity contribution in [1.82, 2.24) is 14.9 Å². The van der Waals surface area contributed by atoms with E-state index in [1.54, 1.807) is 24.1 Å². The van der Waals surface area contributed by atoms with E-state index in [1.165, 1.54) is 18.3 Å². The molecule has 0 unspecified atom stereocenters. The van der Waals surface area contributed by atoms with E-state index in [-0.39, 0.29) is 29.8 Å². The molecule has 3 heterocycles. The van der Waals surface area contributed by atoms with Gasteiger partial charge in [0.15, 0.2) is 11.9 Å². The zero-order chi connectivity index (χ0) is 25.5. The van der Waals surface area contributed by atoms with Crippen LogP contribution < -0.4 is 15.5 Å². The number of rotatable bonds is 9. The summed E-state index contributed by atoms with van der Waals surface area (Å²) in [4.78, 5) is 50.9. The van der Waals surface area contributed by atoms with E-state index >= 15 is 0 Å². The number of ether oxygens (including phenoxy) is 1. The predicted octanol–water partition coefficient (Wildman–Crippen LogP) is 0.677. The van der Waals surface area contributed by atoms with Gasteiger partial charge in [-0.1, -0.05) is 0 Å². The van der Waals surface area contributed by atoms with Gasteiger partial charge in [0.2, 0.25) is 5.91 Å². The Morgan fingerprint density at radius 3 is 2.40 bits per heavy atom. The molecule has 0 bridgehead atoms. The van der Waals surface area contributed by atoms with Crippen molar-refractivity contribution in [2.45, 2.75) is 32.9 Å². The number of carbonyl (C=O) groups excluding carboxylic acids is 3. The molecule has 0 aromatic carbocycles. The summed E-state index contributed by atoms with van der Waals surface area (Å²) in [5, 5.41) is 10.0. The first-order valence-electron chi connectivity index (χ1n) is 11.6. The monoisotopic (exact) mass is 484 g/mol. The Hall–Kier alpha value is -3.73. The second-order valence-corrected chi connectivity index (χ2v) is 8.37. The van der Waals surface area contributed by atoms with Gasteiger partial charge in [-0.25, -0.2) is 9.78 Å². The van der Waals surface area contributed by atoms with Crippen LogP contribution in [0.5, 0.6) is 0 Å². The van der Waals surface area contributed by atoms with E-state index in [0.29, 0.717) is 37.7 Å². The third kappa shape index (κ3) is 5.86. The Morgan fingerprint density at radius 2 is 1.86 bits per heavy atom. The third-order valence-corrected chi connectivity index (χ3v) is 5.80. The highest BCUT2D eigenvalue weighted by Gasteiger charge is 2.33. The Balaban J connectivity index is 1.77. The average Bonchev–Trinajstić information content (AvgIpc) is 2.87. The van der Waals surface area contributed by atoms with Crippen molar-refractivity contribution in [3.8, 4) is 0 Å². The number of nitrogens with zero attached hydrogens (tertiary/aromatic N) is 5. The topological polar surface area (TPSA) is 142 Å². The fourth-order valence-corrected chi connectivity index (χ4v) is 4.10. The maximum absolute atomic E-state index is 12.9. The van der Waals surface area contributed by atoms with Crippen LogP contribution >= 0.6 is 0 Å². The minimum atomic E-state index is -0.866. The number of carbonyl (C=O) groups is 3. The molecule has 11 heteroatoms. The summed E-state index contributed by atoms with van der Waals surface area (Å²) in [5.41, 5.74) is 6.43. The number of hydrogen-bond donors (Lipinski definition) is 2. The second-order valence-electron chi connectivity index (χ2n) is 8.37. The van der Waals surface area contributed by atoms with Gasteiger partial charge >= 0.3 is 5.97 Å². The number of anilines is 2. The van der Waals surface area contributed by atoms with E-state index in [9.17, 15) is 19.5 Å². The van der Waals surface area contributed by atoms with Crippen LogP contribution in [-0.2, 0) is 9.53 Å². The third-order valence-electron chi connectivity index (χ3n) is 5.80. The minimum absolute atomic E-state index is 0.114. The number of aromatic nitrogens is 2. The van der Waals surface area contributed by atoms with Gasteiger partial charge in [0.1, 0.15) is 5.69 Å². The lowest BCUT2D eigenvalue weighted by Gasteiger charge is -2.40. The van der Waals surface area contributed by atoms with Gasteiger partial charge < -0.3 is 30.3 Å². The van der Waals surface area contributed by atoms with Crippen LogP contribution in [0.4, 0.5) is 11.5 Å². The summed E-state index contributed by atoms with van der Waals surface area (Å²) < 4.78 is 5.19. The number of primary amides is 1. The zero-order valence-electron chi connectivity index (χ0n) is 20.3. The molecule has 0 radical (unpaired) electrons. The van der Waals surface area contributed by atoms with Gasteiger partial charge in [0.05, 0.1) is 24.5 Å². The number of esters is 1. The first kappa shape index (κ1) is 25.9. The van der Waals surface area contributed by atoms with Gasteiger partial charge in [0.25, 0.3) is 5.91 Å². The highest BCUT2D eigenvalue weighted by atomic mass is 16.5. The number of piperazine rings is 1. The molecule has 1 fully saturated rings. The number of hydrogen-bond acceptors (Lipinski definition) is 9. The van der Waals surface area contributed by atoms with Crippen LogP contribution in [0.15, 0.2) is 36.7 Å². The molecule has 2 aromatic rings. The molecule has 2 aromatic heterocycles. The molecule has 35 heavy (non-hydrogen) atoms. The molecule has 3 N–H and O–H groups in total. The quantitative estimate of drug-likeness (QED) is 0.491. The van der Waals surface area contributed by atoms with E-state index in [1.807, 2.05) is 24.8 Å². The highest BCUT2D eigenvalue weighted by molar-refractivity contribution is 5.95. The normalized spacial score (nSPS) is 14.5. The van der Waals surface area contributed by atoms with Gasteiger partial charge in [-0.15, -0.1) is 0 Å². The van der Waals surface area contributed by atoms with Crippen molar-refractivity contribution < 1.29 is 24.2 Å². The first-order valence-corrected chi connectivity index (χ1v) is 11.6. The molecule has 1 atom stereocenters. The van der Waals surface area contributed by atoms with Crippen molar-refractivity contribution in [2.75, 3.05) is 49.2 Å². The van der Waals surface area contributed by atoms with Crippen LogP contribution in [0.25, 0.3) is 0 Å². The maximum Gasteiger partial charge on any atom is 0.331 e. The first-order chi connectivity index (χ1) is 16.8. The van der Waals surface area contributed by atoms with Crippen molar-refractivity contribution in [3.63, 3.8) is 0 Å². The molecule has 0 spiro atoms. The second kappa shape index (κ2) is 11.6. The molecule has 0 saturated carbocycles. The Labute approximate surface area is 204 Å². The maximum atomic E-state index is 12.9. The smallest absolute Gasteiger partial charge is 0.331 e. The summed E-state index contributed by atoms with van der Waals surface area (Å²) >= 11 is 0. The summed E-state index contributed by atoms with van der Waals surface area (Å²) in [6.45, 7) is 7.34. The van der Waals surface area contributed by atoms with E-state index < -0.39 is 24.5 Å². The summed E-state index contributed by atoms with van der Waals surface area (Å²) in [7, 11) is 0. The van der Waals surface area contributed by atoms with Crippen LogP contribution in [0, 0.1) is 0 Å². The van der Waals surface area contributed by atoms with Crippen LogP contribution in [0.1, 0.15) is 41.6 Å². The fraction of sp³-hybridized carbons (Fsp3) is 0.458. The van der Waals surface area contributed by atoms with Crippen molar-refractivity contribution in [2.24, 2.45) is 5.73 Å². The lowest BCUT2D eigenvalue weighted by molar-refractivity contribution is -0.145. The van der Waals surface area contributed by atoms with Crippen LogP contribution in [0.3, 0.4) is 0 Å². The molecule has 1 aliphatic heterocycles. The van der Waals surface area contributed by atoms with E-state index in [2.05, 4.69) is 14.9 Å². The summed E-state index contributed by atoms with van der Waals surface area (Å²) in [5.74, 6) is -0.657. The Bertz CT molecular complexity index is 1040. The van der Waals surface area contributed by atoms with Crippen LogP contribution in [-0.4, -0.2) is 89.2 Å². The number of aliphatic hydroxyl groups excluding tert-OH is 1. The van der Waals surface area contributed by atoms with Gasteiger partial charge in [-0.2, -0.15) is 0 Å². The Morgan fingerprint density at radius 1 is 1.14 bits per heavy atom. The predicted molar refractivity (Wildman–Crippen MR) is 130 cm³/mol. The fourth-order valence-electron chi connectivity index (χ4n) is 4.10. The molecule has 188 valence electrons. The average molecular weight is 485 g/mol. The highest BCUT2D eigenvalue weighted by Crippen LogP contribution is 2.31. The SMILES string of the molecule is CCOC(=O)[C@@H](CO)N(c1cccnc1N1CCN(C(=O)c2ccc(C(N)=O)cn2)CC1)C(C)C. The molecular weight excluding hydrogens is 452 g/mol. The lowest BCUT2D eigenvalue weighted by Crippen LogP contribution is -2.51. The minimum Gasteiger partial charge on any atom is -0.464 e. The largest absolute Gasteiger partial charge is 0.464 e. The number of aliphatic hydroxyl groups is 1. The van der Waals surface area contributed by atoms with Gasteiger partial charge in [0, 0.05) is 44.6 Å². The zero-order valence-corrected chi connectivity index (χ0v) is 20.3. The van der Waals surface area contributed by atoms with Crippen molar-refractivity contribution in [1.29, 1.82) is 0 Å². The molecule has 1 saturated heterocycles. The standard InChI is InChI=1S/C24H32N6O5/c1-4-35-24(34)20(15-31)30(16(2)3)19-6-5-9-26-22(19)28-10-12-29(13-11-28)23(33)18-8-7-17(14-27-18)21(25)32/h5-9,14,16,20,31H,4,10-13,15H2,1-3H3,(H2,25,32)/t20-/m1/s1. The molecule has 1 aliphatic rings. The Kier molecular flexibility index (Phi) is 8.58. The van der Waals surface area contributed by atoms with Crippen molar-refractivity contribution in [3.05, 3.63) is 47.9 Å². The molecule has 2 amide bonds. The number of nitrogens with two attached hydrogens (primary N) is 1.